The molecule has 84 valence electrons. The molecule has 2 heterocycles. The molecule has 3 nitrogen and oxygen atoms in total. The van der Waals surface area contributed by atoms with E-state index in [1.165, 1.54) is 0 Å². The van der Waals surface area contributed by atoms with Crippen LogP contribution in [0.1, 0.15) is 35.7 Å². The van der Waals surface area contributed by atoms with Crippen LogP contribution in [-0.4, -0.2) is 24.0 Å². The standard InChI is InChI=1S/C13H15NO2/c1-2-14-9-5-8-13(14)11-7-4-3-6-10(11)12(15)16-13/h3-4,6-7H,2,5,8-9H2,1H3. The van der Waals surface area contributed by atoms with E-state index in [1.807, 2.05) is 24.3 Å². The molecule has 0 bridgehead atoms. The van der Waals surface area contributed by atoms with Crippen LogP contribution in [0.25, 0.3) is 0 Å². The van der Waals surface area contributed by atoms with Gasteiger partial charge in [-0.05, 0) is 19.0 Å². The second kappa shape index (κ2) is 3.32. The molecular weight excluding hydrogens is 202 g/mol. The van der Waals surface area contributed by atoms with Gasteiger partial charge >= 0.3 is 5.97 Å². The minimum Gasteiger partial charge on any atom is -0.436 e. The highest BCUT2D eigenvalue weighted by atomic mass is 16.6. The maximum atomic E-state index is 11.8. The Morgan fingerprint density at radius 2 is 2.25 bits per heavy atom. The first-order valence-corrected chi connectivity index (χ1v) is 5.86. The van der Waals surface area contributed by atoms with E-state index in [0.717, 1.165) is 37.1 Å². The number of hydrogen-bond donors (Lipinski definition) is 0. The molecule has 0 radical (unpaired) electrons. The van der Waals surface area contributed by atoms with Gasteiger partial charge in [-0.2, -0.15) is 0 Å². The Kier molecular flexibility index (Phi) is 2.04. The normalized spacial score (nSPS) is 28.4. The second-order valence-corrected chi connectivity index (χ2v) is 4.40. The lowest BCUT2D eigenvalue weighted by Crippen LogP contribution is -2.41. The molecule has 1 spiro atoms. The Morgan fingerprint density at radius 3 is 3.06 bits per heavy atom. The minimum absolute atomic E-state index is 0.170. The Balaban J connectivity index is 2.15. The molecule has 1 aromatic carbocycles. The lowest BCUT2D eigenvalue weighted by Gasteiger charge is -2.33. The van der Waals surface area contributed by atoms with Crippen LogP contribution in [0.5, 0.6) is 0 Å². The minimum atomic E-state index is -0.456. The van der Waals surface area contributed by atoms with Crippen molar-refractivity contribution in [1.82, 2.24) is 4.90 Å². The summed E-state index contributed by atoms with van der Waals surface area (Å²) in [6, 6.07) is 7.76. The molecule has 0 N–H and O–H groups in total. The molecule has 1 unspecified atom stereocenters. The van der Waals surface area contributed by atoms with Crippen molar-refractivity contribution in [1.29, 1.82) is 0 Å². The van der Waals surface area contributed by atoms with Crippen molar-refractivity contribution in [3.63, 3.8) is 0 Å². The van der Waals surface area contributed by atoms with Crippen LogP contribution in [-0.2, 0) is 10.5 Å². The van der Waals surface area contributed by atoms with Crippen LogP contribution < -0.4 is 0 Å². The van der Waals surface area contributed by atoms with Gasteiger partial charge in [-0.3, -0.25) is 4.90 Å². The largest absolute Gasteiger partial charge is 0.436 e. The van der Waals surface area contributed by atoms with E-state index in [4.69, 9.17) is 4.74 Å². The summed E-state index contributed by atoms with van der Waals surface area (Å²) in [4.78, 5) is 14.1. The molecule has 3 rings (SSSR count). The van der Waals surface area contributed by atoms with Crippen molar-refractivity contribution < 1.29 is 9.53 Å². The fourth-order valence-corrected chi connectivity index (χ4v) is 2.95. The van der Waals surface area contributed by atoms with E-state index in [9.17, 15) is 4.79 Å². The predicted octanol–water partition coefficient (Wildman–Crippen LogP) is 2.13. The van der Waals surface area contributed by atoms with Crippen molar-refractivity contribution in [3.05, 3.63) is 35.4 Å². The molecule has 16 heavy (non-hydrogen) atoms. The van der Waals surface area contributed by atoms with Crippen LogP contribution in [0.2, 0.25) is 0 Å². The molecule has 0 saturated carbocycles. The zero-order valence-corrected chi connectivity index (χ0v) is 9.40. The molecule has 0 aromatic heterocycles. The summed E-state index contributed by atoms with van der Waals surface area (Å²) in [6.45, 7) is 4.04. The number of nitrogens with zero attached hydrogens (tertiary/aromatic N) is 1. The summed E-state index contributed by atoms with van der Waals surface area (Å²) >= 11 is 0. The topological polar surface area (TPSA) is 29.5 Å². The third kappa shape index (κ3) is 1.09. The van der Waals surface area contributed by atoms with E-state index in [0.29, 0.717) is 0 Å². The zero-order chi connectivity index (χ0) is 11.2. The molecule has 3 heteroatoms. The van der Waals surface area contributed by atoms with Crippen LogP contribution in [0.3, 0.4) is 0 Å². The van der Waals surface area contributed by atoms with Crippen molar-refractivity contribution in [2.45, 2.75) is 25.5 Å². The summed E-state index contributed by atoms with van der Waals surface area (Å²) < 4.78 is 5.67. The number of rotatable bonds is 1. The third-order valence-corrected chi connectivity index (χ3v) is 3.67. The first-order chi connectivity index (χ1) is 7.78. The van der Waals surface area contributed by atoms with Crippen LogP contribution in [0.4, 0.5) is 0 Å². The molecule has 2 aliphatic rings. The summed E-state index contributed by atoms with van der Waals surface area (Å²) in [5.41, 5.74) is 1.34. The van der Waals surface area contributed by atoms with Crippen molar-refractivity contribution in [2.75, 3.05) is 13.1 Å². The average Bonchev–Trinajstić information content (AvgIpc) is 2.84. The molecule has 1 atom stereocenters. The van der Waals surface area contributed by atoms with Crippen molar-refractivity contribution in [2.24, 2.45) is 0 Å². The van der Waals surface area contributed by atoms with Crippen LogP contribution in [0, 0.1) is 0 Å². The molecule has 1 fully saturated rings. The van der Waals surface area contributed by atoms with E-state index in [1.54, 1.807) is 0 Å². The Hall–Kier alpha value is -1.35. The van der Waals surface area contributed by atoms with Gasteiger partial charge in [0.05, 0.1) is 5.56 Å². The number of hydrogen-bond acceptors (Lipinski definition) is 3. The van der Waals surface area contributed by atoms with Gasteiger partial charge in [0.15, 0.2) is 5.72 Å². The van der Waals surface area contributed by atoms with Gasteiger partial charge in [0.25, 0.3) is 0 Å². The lowest BCUT2D eigenvalue weighted by molar-refractivity contribution is -0.0887. The second-order valence-electron chi connectivity index (χ2n) is 4.40. The van der Waals surface area contributed by atoms with Gasteiger partial charge in [0, 0.05) is 18.5 Å². The number of likely N-dealkylation sites (tertiary alicyclic amines) is 1. The van der Waals surface area contributed by atoms with E-state index >= 15 is 0 Å². The predicted molar refractivity (Wildman–Crippen MR) is 60.0 cm³/mol. The fourth-order valence-electron chi connectivity index (χ4n) is 2.95. The highest BCUT2D eigenvalue weighted by Crippen LogP contribution is 2.45. The van der Waals surface area contributed by atoms with Crippen molar-refractivity contribution >= 4 is 5.97 Å². The Labute approximate surface area is 95.0 Å². The highest BCUT2D eigenvalue weighted by Gasteiger charge is 2.51. The molecule has 0 aliphatic carbocycles. The van der Waals surface area contributed by atoms with Gasteiger partial charge in [-0.15, -0.1) is 0 Å². The number of carbonyl (C=O) groups is 1. The van der Waals surface area contributed by atoms with Crippen molar-refractivity contribution in [3.8, 4) is 0 Å². The number of ether oxygens (including phenoxy) is 1. The lowest BCUT2D eigenvalue weighted by atomic mass is 9.97. The van der Waals surface area contributed by atoms with Gasteiger partial charge in [-0.1, -0.05) is 25.1 Å². The zero-order valence-electron chi connectivity index (χ0n) is 9.40. The third-order valence-electron chi connectivity index (χ3n) is 3.67. The summed E-state index contributed by atoms with van der Waals surface area (Å²) in [5.74, 6) is -0.170. The molecular formula is C13H15NO2. The summed E-state index contributed by atoms with van der Waals surface area (Å²) in [6.07, 6.45) is 2.01. The number of fused-ring (bicyclic) bond motifs is 2. The van der Waals surface area contributed by atoms with E-state index in [2.05, 4.69) is 11.8 Å². The van der Waals surface area contributed by atoms with Gasteiger partial charge in [0.1, 0.15) is 0 Å². The maximum Gasteiger partial charge on any atom is 0.340 e. The Morgan fingerprint density at radius 1 is 1.44 bits per heavy atom. The molecule has 0 amide bonds. The highest BCUT2D eigenvalue weighted by molar-refractivity contribution is 5.94. The molecule has 2 aliphatic heterocycles. The SMILES string of the molecule is CCN1CCCC12OC(=O)c1ccccc12. The maximum absolute atomic E-state index is 11.8. The summed E-state index contributed by atoms with van der Waals surface area (Å²) in [5, 5.41) is 0. The number of carbonyl (C=O) groups excluding carboxylic acids is 1. The van der Waals surface area contributed by atoms with Crippen LogP contribution >= 0.6 is 0 Å². The Bertz CT molecular complexity index is 443. The first kappa shape index (κ1) is 9.85. The average molecular weight is 217 g/mol. The van der Waals surface area contributed by atoms with E-state index in [-0.39, 0.29) is 5.97 Å². The quantitative estimate of drug-likeness (QED) is 0.675. The van der Waals surface area contributed by atoms with Gasteiger partial charge in [-0.25, -0.2) is 4.79 Å². The number of benzene rings is 1. The first-order valence-electron chi connectivity index (χ1n) is 5.86. The monoisotopic (exact) mass is 217 g/mol. The molecule has 1 aromatic rings. The van der Waals surface area contributed by atoms with Gasteiger partial charge < -0.3 is 4.74 Å². The van der Waals surface area contributed by atoms with Gasteiger partial charge in [0.2, 0.25) is 0 Å². The summed E-state index contributed by atoms with van der Waals surface area (Å²) in [7, 11) is 0. The number of esters is 1. The van der Waals surface area contributed by atoms with Crippen LogP contribution in [0.15, 0.2) is 24.3 Å². The van der Waals surface area contributed by atoms with E-state index < -0.39 is 5.72 Å². The smallest absolute Gasteiger partial charge is 0.340 e. The molecule has 1 saturated heterocycles. The fraction of sp³-hybridized carbons (Fsp3) is 0.462.